The molecule has 3 aliphatic rings. The third kappa shape index (κ3) is 2.01. The lowest BCUT2D eigenvalue weighted by Gasteiger charge is -2.50. The standard InChI is InChI=1S/C19H23NO3S/c1-12-4-6-16(7-5-12)24(22,23)20-11-17-13(2)8-14-9-15(21)10-18(17)19(14,20)3/h4-7,14,17-18H,2,8-11H2,1,3H3/t14-,17+,18-,19-/m0/s1. The first-order valence-corrected chi connectivity index (χ1v) is 9.97. The van der Waals surface area contributed by atoms with Crippen LogP contribution in [0.25, 0.3) is 0 Å². The van der Waals surface area contributed by atoms with Crippen LogP contribution >= 0.6 is 0 Å². The molecule has 128 valence electrons. The lowest BCUT2D eigenvalue weighted by molar-refractivity contribution is -0.127. The van der Waals surface area contributed by atoms with Crippen LogP contribution in [0.4, 0.5) is 0 Å². The number of nitrogens with zero attached hydrogens (tertiary/aromatic N) is 1. The third-order valence-electron chi connectivity index (χ3n) is 6.53. The Balaban J connectivity index is 1.81. The van der Waals surface area contributed by atoms with Gasteiger partial charge in [0, 0.05) is 24.9 Å². The van der Waals surface area contributed by atoms with Crippen LogP contribution < -0.4 is 0 Å². The summed E-state index contributed by atoms with van der Waals surface area (Å²) in [6, 6.07) is 7.04. The monoisotopic (exact) mass is 345 g/mol. The van der Waals surface area contributed by atoms with Crippen LogP contribution in [0.3, 0.4) is 0 Å². The van der Waals surface area contributed by atoms with Crippen LogP contribution in [0.1, 0.15) is 31.7 Å². The van der Waals surface area contributed by atoms with Gasteiger partial charge in [-0.15, -0.1) is 0 Å². The van der Waals surface area contributed by atoms with Crippen molar-refractivity contribution in [2.45, 2.75) is 43.5 Å². The SMILES string of the molecule is C=C1C[C@H]2CC(=O)C[C@H]3[C@@H]1CN(S(=O)(=O)c1ccc(C)cc1)[C@@]23C. The molecule has 4 atom stereocenters. The van der Waals surface area contributed by atoms with Gasteiger partial charge in [-0.3, -0.25) is 4.79 Å². The van der Waals surface area contributed by atoms with Crippen LogP contribution in [0.15, 0.2) is 41.3 Å². The molecule has 0 aromatic heterocycles. The molecule has 0 unspecified atom stereocenters. The molecule has 24 heavy (non-hydrogen) atoms. The molecule has 0 spiro atoms. The first-order valence-electron chi connectivity index (χ1n) is 8.53. The molecule has 5 heteroatoms. The van der Waals surface area contributed by atoms with Gasteiger partial charge in [0.05, 0.1) is 4.90 Å². The van der Waals surface area contributed by atoms with Crippen molar-refractivity contribution < 1.29 is 13.2 Å². The predicted molar refractivity (Wildman–Crippen MR) is 91.9 cm³/mol. The smallest absolute Gasteiger partial charge is 0.243 e. The number of carbonyl (C=O) groups is 1. The molecule has 1 aromatic carbocycles. The first kappa shape index (κ1) is 16.0. The zero-order valence-electron chi connectivity index (χ0n) is 14.2. The fourth-order valence-corrected chi connectivity index (χ4v) is 7.01. The van der Waals surface area contributed by atoms with Gasteiger partial charge in [0.25, 0.3) is 0 Å². The average Bonchev–Trinajstić information content (AvgIpc) is 2.75. The largest absolute Gasteiger partial charge is 0.300 e. The number of rotatable bonds is 2. The molecule has 0 N–H and O–H groups in total. The highest BCUT2D eigenvalue weighted by Gasteiger charge is 2.64. The van der Waals surface area contributed by atoms with Crippen molar-refractivity contribution in [1.29, 1.82) is 0 Å². The van der Waals surface area contributed by atoms with E-state index in [2.05, 4.69) is 6.58 Å². The summed E-state index contributed by atoms with van der Waals surface area (Å²) in [5.74, 6) is 0.505. The van der Waals surface area contributed by atoms with E-state index in [-0.39, 0.29) is 23.5 Å². The summed E-state index contributed by atoms with van der Waals surface area (Å²) in [5.41, 5.74) is 1.69. The molecule has 1 aromatic rings. The molecule has 1 aliphatic heterocycles. The fraction of sp³-hybridized carbons (Fsp3) is 0.526. The molecule has 0 radical (unpaired) electrons. The van der Waals surface area contributed by atoms with Gasteiger partial charge >= 0.3 is 0 Å². The summed E-state index contributed by atoms with van der Waals surface area (Å²) in [5, 5.41) is 0. The summed E-state index contributed by atoms with van der Waals surface area (Å²) >= 11 is 0. The number of ketones is 1. The third-order valence-corrected chi connectivity index (χ3v) is 8.52. The summed E-state index contributed by atoms with van der Waals surface area (Å²) in [6.45, 7) is 8.65. The molecule has 4 nitrogen and oxygen atoms in total. The zero-order valence-corrected chi connectivity index (χ0v) is 15.0. The number of sulfonamides is 1. The second-order valence-corrected chi connectivity index (χ2v) is 9.66. The van der Waals surface area contributed by atoms with Crippen molar-refractivity contribution in [2.75, 3.05) is 6.54 Å². The van der Waals surface area contributed by atoms with Gasteiger partial charge in [-0.05, 0) is 50.2 Å². The van der Waals surface area contributed by atoms with E-state index in [0.29, 0.717) is 24.3 Å². The number of carbonyl (C=O) groups excluding carboxylic acids is 1. The second-order valence-electron chi connectivity index (χ2n) is 7.79. The van der Waals surface area contributed by atoms with Crippen LogP contribution in [-0.4, -0.2) is 30.6 Å². The molecule has 2 aliphatic carbocycles. The van der Waals surface area contributed by atoms with Crippen molar-refractivity contribution in [3.8, 4) is 0 Å². The van der Waals surface area contributed by atoms with Crippen LogP contribution in [0, 0.1) is 24.7 Å². The molecule has 0 amide bonds. The molecule has 4 bridgehead atoms. The quantitative estimate of drug-likeness (QED) is 0.775. The molecular weight excluding hydrogens is 322 g/mol. The molecule has 3 fully saturated rings. The Kier molecular flexibility index (Phi) is 3.35. The maximum absolute atomic E-state index is 13.3. The normalized spacial score (nSPS) is 36.2. The summed E-state index contributed by atoms with van der Waals surface area (Å²) in [4.78, 5) is 12.5. The average molecular weight is 345 g/mol. The lowest BCUT2D eigenvalue weighted by Crippen LogP contribution is -2.58. The predicted octanol–water partition coefficient (Wildman–Crippen LogP) is 2.93. The Hall–Kier alpha value is -1.46. The van der Waals surface area contributed by atoms with Crippen molar-refractivity contribution in [3.05, 3.63) is 42.0 Å². The van der Waals surface area contributed by atoms with Crippen LogP contribution in [0.2, 0.25) is 0 Å². The molecular formula is C19H23NO3S. The van der Waals surface area contributed by atoms with E-state index in [0.717, 1.165) is 17.6 Å². The van der Waals surface area contributed by atoms with Gasteiger partial charge in [-0.2, -0.15) is 4.31 Å². The summed E-state index contributed by atoms with van der Waals surface area (Å²) in [6.07, 6.45) is 1.72. The van der Waals surface area contributed by atoms with E-state index in [1.807, 2.05) is 26.0 Å². The van der Waals surface area contributed by atoms with Crippen LogP contribution in [0.5, 0.6) is 0 Å². The minimum absolute atomic E-state index is 0.0511. The minimum Gasteiger partial charge on any atom is -0.300 e. The van der Waals surface area contributed by atoms with Gasteiger partial charge in [-0.1, -0.05) is 29.8 Å². The van der Waals surface area contributed by atoms with E-state index in [9.17, 15) is 13.2 Å². The Labute approximate surface area is 143 Å². The molecule has 4 rings (SSSR count). The number of hydrogen-bond donors (Lipinski definition) is 0. The Morgan fingerprint density at radius 2 is 1.83 bits per heavy atom. The summed E-state index contributed by atoms with van der Waals surface area (Å²) in [7, 11) is -3.57. The van der Waals surface area contributed by atoms with Gasteiger partial charge in [-0.25, -0.2) is 8.42 Å². The maximum Gasteiger partial charge on any atom is 0.243 e. The van der Waals surface area contributed by atoms with Crippen molar-refractivity contribution in [3.63, 3.8) is 0 Å². The Morgan fingerprint density at radius 3 is 2.50 bits per heavy atom. The van der Waals surface area contributed by atoms with Crippen molar-refractivity contribution in [2.24, 2.45) is 17.8 Å². The highest BCUT2D eigenvalue weighted by Crippen LogP contribution is 2.59. The van der Waals surface area contributed by atoms with E-state index in [4.69, 9.17) is 0 Å². The van der Waals surface area contributed by atoms with E-state index >= 15 is 0 Å². The number of hydrogen-bond acceptors (Lipinski definition) is 3. The topological polar surface area (TPSA) is 54.5 Å². The van der Waals surface area contributed by atoms with Gasteiger partial charge in [0.1, 0.15) is 5.78 Å². The zero-order chi connectivity index (χ0) is 17.3. The van der Waals surface area contributed by atoms with Gasteiger partial charge in [0.2, 0.25) is 10.0 Å². The van der Waals surface area contributed by atoms with E-state index in [1.165, 1.54) is 0 Å². The molecule has 2 saturated carbocycles. The molecule has 1 heterocycles. The van der Waals surface area contributed by atoms with Crippen molar-refractivity contribution >= 4 is 15.8 Å². The summed E-state index contributed by atoms with van der Waals surface area (Å²) < 4.78 is 28.3. The highest BCUT2D eigenvalue weighted by atomic mass is 32.2. The minimum atomic E-state index is -3.57. The van der Waals surface area contributed by atoms with E-state index < -0.39 is 15.6 Å². The first-order chi connectivity index (χ1) is 11.2. The Bertz CT molecular complexity index is 827. The fourth-order valence-electron chi connectivity index (χ4n) is 5.12. The number of benzene rings is 1. The Morgan fingerprint density at radius 1 is 1.17 bits per heavy atom. The number of Topliss-reactive ketones (excluding diaryl/α,β-unsaturated/α-hetero) is 1. The van der Waals surface area contributed by atoms with Gasteiger partial charge in [0.15, 0.2) is 0 Å². The van der Waals surface area contributed by atoms with Crippen molar-refractivity contribution in [1.82, 2.24) is 4.31 Å². The number of aryl methyl sites for hydroxylation is 1. The van der Waals surface area contributed by atoms with Crippen LogP contribution in [-0.2, 0) is 14.8 Å². The maximum atomic E-state index is 13.3. The highest BCUT2D eigenvalue weighted by molar-refractivity contribution is 7.89. The lowest BCUT2D eigenvalue weighted by atomic mass is 9.57. The van der Waals surface area contributed by atoms with E-state index in [1.54, 1.807) is 16.4 Å². The molecule has 1 saturated heterocycles. The second kappa shape index (κ2) is 5.02. The van der Waals surface area contributed by atoms with Gasteiger partial charge < -0.3 is 0 Å².